The summed E-state index contributed by atoms with van der Waals surface area (Å²) in [5.41, 5.74) is 1.18. The van der Waals surface area contributed by atoms with Gasteiger partial charge in [-0.25, -0.2) is 4.98 Å². The molecular weight excluding hydrogens is 326 g/mol. The Balaban J connectivity index is 1.79. The molecule has 136 valence electrons. The quantitative estimate of drug-likeness (QED) is 0.300. The van der Waals surface area contributed by atoms with Gasteiger partial charge in [-0.05, 0) is 43.5 Å². The second-order valence-corrected chi connectivity index (χ2v) is 7.51. The van der Waals surface area contributed by atoms with Crippen LogP contribution in [0, 0.1) is 0 Å². The van der Waals surface area contributed by atoms with Gasteiger partial charge >= 0.3 is 0 Å². The predicted molar refractivity (Wildman–Crippen MR) is 110 cm³/mol. The number of benzene rings is 1. The molecule has 0 amide bonds. The van der Waals surface area contributed by atoms with Crippen molar-refractivity contribution in [2.75, 3.05) is 6.61 Å². The van der Waals surface area contributed by atoms with E-state index in [1.165, 1.54) is 49.0 Å². The molecule has 3 heteroatoms. The average molecular weight is 358 g/mol. The maximum Gasteiger partial charge on any atom is 0.123 e. The van der Waals surface area contributed by atoms with Crippen molar-refractivity contribution in [1.29, 1.82) is 0 Å². The molecule has 0 saturated heterocycles. The molecule has 2 aromatic rings. The number of ether oxygens (including phenoxy) is 1. The zero-order valence-corrected chi connectivity index (χ0v) is 16.5. The first-order chi connectivity index (χ1) is 12.3. The number of rotatable bonds is 12. The van der Waals surface area contributed by atoms with E-state index in [0.29, 0.717) is 6.61 Å². The number of hydrogen-bond acceptors (Lipinski definition) is 3. The largest absolute Gasteiger partial charge is 0.490 e. The molecule has 25 heavy (non-hydrogen) atoms. The van der Waals surface area contributed by atoms with Crippen molar-refractivity contribution in [2.45, 2.75) is 65.2 Å². The first-order valence-electron chi connectivity index (χ1n) is 9.66. The summed E-state index contributed by atoms with van der Waals surface area (Å²) in [7, 11) is 0. The number of hydrogen-bond donors (Lipinski definition) is 0. The SMILES string of the molecule is CCCC=CCOc1ccc(-c2ncc(CCCCCCC)s2)cc1. The number of aromatic nitrogens is 1. The van der Waals surface area contributed by atoms with Crippen molar-refractivity contribution in [3.8, 4) is 16.3 Å². The molecule has 0 aliphatic carbocycles. The van der Waals surface area contributed by atoms with Crippen LogP contribution in [0.5, 0.6) is 5.75 Å². The molecule has 2 rings (SSSR count). The van der Waals surface area contributed by atoms with Gasteiger partial charge in [0.05, 0.1) is 0 Å². The number of nitrogens with zero attached hydrogens (tertiary/aromatic N) is 1. The summed E-state index contributed by atoms with van der Waals surface area (Å²) in [6, 6.07) is 8.29. The lowest BCUT2D eigenvalue weighted by Crippen LogP contribution is -1.92. The summed E-state index contributed by atoms with van der Waals surface area (Å²) in [5, 5.41) is 1.11. The molecule has 1 aromatic heterocycles. The topological polar surface area (TPSA) is 22.1 Å². The third-order valence-corrected chi connectivity index (χ3v) is 5.26. The molecule has 0 N–H and O–H groups in total. The molecule has 0 bridgehead atoms. The Bertz CT molecular complexity index is 615. The van der Waals surface area contributed by atoms with E-state index in [-0.39, 0.29) is 0 Å². The fourth-order valence-corrected chi connectivity index (χ4v) is 3.61. The summed E-state index contributed by atoms with van der Waals surface area (Å²) in [6.45, 7) is 5.08. The summed E-state index contributed by atoms with van der Waals surface area (Å²) in [4.78, 5) is 5.99. The molecule has 0 radical (unpaired) electrons. The predicted octanol–water partition coefficient (Wildman–Crippen LogP) is 7.06. The van der Waals surface area contributed by atoms with Crippen LogP contribution in [0.3, 0.4) is 0 Å². The van der Waals surface area contributed by atoms with Gasteiger partial charge in [0.2, 0.25) is 0 Å². The standard InChI is InChI=1S/C22H31NOS/c1-3-5-7-9-10-12-21-18-23-22(25-21)19-13-15-20(16-14-19)24-17-11-8-6-4-2/h8,11,13-16,18H,3-7,9-10,12,17H2,1-2H3. The van der Waals surface area contributed by atoms with Gasteiger partial charge in [0.15, 0.2) is 0 Å². The smallest absolute Gasteiger partial charge is 0.123 e. The Morgan fingerprint density at radius 2 is 1.76 bits per heavy atom. The third kappa shape index (κ3) is 7.43. The van der Waals surface area contributed by atoms with Gasteiger partial charge in [-0.15, -0.1) is 11.3 Å². The highest BCUT2D eigenvalue weighted by molar-refractivity contribution is 7.15. The molecule has 2 nitrogen and oxygen atoms in total. The second kappa shape index (κ2) is 11.9. The van der Waals surface area contributed by atoms with E-state index in [1.54, 1.807) is 0 Å². The molecule has 0 aliphatic heterocycles. The Labute approximate surface area is 157 Å². The Hall–Kier alpha value is -1.61. The van der Waals surface area contributed by atoms with E-state index in [9.17, 15) is 0 Å². The first kappa shape index (κ1) is 19.7. The van der Waals surface area contributed by atoms with E-state index < -0.39 is 0 Å². The lowest BCUT2D eigenvalue weighted by molar-refractivity contribution is 0.362. The second-order valence-electron chi connectivity index (χ2n) is 6.39. The summed E-state index contributed by atoms with van der Waals surface area (Å²) in [6.07, 6.45) is 16.4. The van der Waals surface area contributed by atoms with Crippen molar-refractivity contribution < 1.29 is 4.74 Å². The maximum absolute atomic E-state index is 5.73. The van der Waals surface area contributed by atoms with E-state index in [4.69, 9.17) is 4.74 Å². The number of aryl methyl sites for hydroxylation is 1. The molecule has 0 aliphatic rings. The first-order valence-corrected chi connectivity index (χ1v) is 10.5. The van der Waals surface area contributed by atoms with Gasteiger partial charge < -0.3 is 4.74 Å². The Morgan fingerprint density at radius 3 is 2.52 bits per heavy atom. The zero-order valence-electron chi connectivity index (χ0n) is 15.7. The van der Waals surface area contributed by atoms with Crippen LogP contribution in [0.1, 0.15) is 63.7 Å². The lowest BCUT2D eigenvalue weighted by atomic mass is 10.1. The monoisotopic (exact) mass is 357 g/mol. The van der Waals surface area contributed by atoms with Gasteiger partial charge in [0.1, 0.15) is 17.4 Å². The molecule has 0 fully saturated rings. The summed E-state index contributed by atoms with van der Waals surface area (Å²) < 4.78 is 5.73. The van der Waals surface area contributed by atoms with Crippen LogP contribution < -0.4 is 4.74 Å². The Morgan fingerprint density at radius 1 is 0.960 bits per heavy atom. The van der Waals surface area contributed by atoms with Gasteiger partial charge in [-0.3, -0.25) is 0 Å². The van der Waals surface area contributed by atoms with Gasteiger partial charge in [-0.1, -0.05) is 58.1 Å². The molecule has 0 atom stereocenters. The average Bonchev–Trinajstić information content (AvgIpc) is 3.11. The van der Waals surface area contributed by atoms with Crippen molar-refractivity contribution in [3.05, 3.63) is 47.5 Å². The Kier molecular flexibility index (Phi) is 9.35. The van der Waals surface area contributed by atoms with Crippen molar-refractivity contribution >= 4 is 11.3 Å². The number of allylic oxidation sites excluding steroid dienone is 1. The maximum atomic E-state index is 5.73. The molecule has 0 saturated carbocycles. The van der Waals surface area contributed by atoms with Crippen LogP contribution in [0.25, 0.3) is 10.6 Å². The van der Waals surface area contributed by atoms with Crippen LogP contribution in [-0.4, -0.2) is 11.6 Å². The minimum atomic E-state index is 0.638. The summed E-state index contributed by atoms with van der Waals surface area (Å²) in [5.74, 6) is 0.914. The lowest BCUT2D eigenvalue weighted by Gasteiger charge is -2.03. The molecule has 1 aromatic carbocycles. The highest BCUT2D eigenvalue weighted by atomic mass is 32.1. The fraction of sp³-hybridized carbons (Fsp3) is 0.500. The third-order valence-electron chi connectivity index (χ3n) is 4.15. The van der Waals surface area contributed by atoms with E-state index in [2.05, 4.69) is 43.1 Å². The highest BCUT2D eigenvalue weighted by Crippen LogP contribution is 2.27. The zero-order chi connectivity index (χ0) is 17.7. The van der Waals surface area contributed by atoms with E-state index in [1.807, 2.05) is 29.7 Å². The minimum absolute atomic E-state index is 0.638. The number of thiazole rings is 1. The van der Waals surface area contributed by atoms with Crippen LogP contribution >= 0.6 is 11.3 Å². The highest BCUT2D eigenvalue weighted by Gasteiger charge is 2.05. The summed E-state index contributed by atoms with van der Waals surface area (Å²) >= 11 is 1.82. The van der Waals surface area contributed by atoms with Crippen LogP contribution in [0.15, 0.2) is 42.6 Å². The minimum Gasteiger partial charge on any atom is -0.490 e. The van der Waals surface area contributed by atoms with Crippen LogP contribution in [0.2, 0.25) is 0 Å². The van der Waals surface area contributed by atoms with Crippen molar-refractivity contribution in [2.24, 2.45) is 0 Å². The normalized spacial score (nSPS) is 11.3. The van der Waals surface area contributed by atoms with Gasteiger partial charge in [0, 0.05) is 16.6 Å². The molecule has 0 unspecified atom stereocenters. The van der Waals surface area contributed by atoms with E-state index >= 15 is 0 Å². The van der Waals surface area contributed by atoms with Crippen molar-refractivity contribution in [1.82, 2.24) is 4.98 Å². The number of unbranched alkanes of at least 4 members (excludes halogenated alkanes) is 5. The molecule has 1 heterocycles. The van der Waals surface area contributed by atoms with Gasteiger partial charge in [0.25, 0.3) is 0 Å². The fourth-order valence-electron chi connectivity index (χ4n) is 2.65. The van der Waals surface area contributed by atoms with E-state index in [0.717, 1.165) is 23.6 Å². The van der Waals surface area contributed by atoms with Gasteiger partial charge in [-0.2, -0.15) is 0 Å². The van der Waals surface area contributed by atoms with Crippen LogP contribution in [0.4, 0.5) is 0 Å². The molecule has 0 spiro atoms. The molecular formula is C22H31NOS. The van der Waals surface area contributed by atoms with Crippen LogP contribution in [-0.2, 0) is 6.42 Å². The van der Waals surface area contributed by atoms with Crippen molar-refractivity contribution in [3.63, 3.8) is 0 Å².